The zero-order valence-corrected chi connectivity index (χ0v) is 22.6. The largest absolute Gasteiger partial charge is 0.477 e. The number of aromatic nitrogens is 3. The average Bonchev–Trinajstić information content (AvgIpc) is 3.49. The van der Waals surface area contributed by atoms with Crippen molar-refractivity contribution in [1.29, 1.82) is 5.26 Å². The molecule has 2 aliphatic rings. The van der Waals surface area contributed by atoms with Crippen LogP contribution in [-0.4, -0.2) is 56.1 Å². The van der Waals surface area contributed by atoms with Gasteiger partial charge in [0.15, 0.2) is 4.96 Å². The molecule has 0 spiro atoms. The van der Waals surface area contributed by atoms with Crippen LogP contribution in [0.25, 0.3) is 4.96 Å². The van der Waals surface area contributed by atoms with Crippen molar-refractivity contribution in [3.05, 3.63) is 81.5 Å². The van der Waals surface area contributed by atoms with Crippen molar-refractivity contribution in [3.8, 4) is 11.9 Å². The number of aromatic carboxylic acids is 1. The van der Waals surface area contributed by atoms with E-state index in [1.54, 1.807) is 24.4 Å². The number of carbonyl (C=O) groups is 1. The quantitative estimate of drug-likeness (QED) is 0.310. The lowest BCUT2D eigenvalue weighted by Gasteiger charge is -2.32. The number of hydrogen-bond acceptors (Lipinski definition) is 8. The highest BCUT2D eigenvalue weighted by molar-refractivity contribution is 7.18. The van der Waals surface area contributed by atoms with Gasteiger partial charge in [0.25, 0.3) is 0 Å². The van der Waals surface area contributed by atoms with Crippen molar-refractivity contribution in [1.82, 2.24) is 19.3 Å². The summed E-state index contributed by atoms with van der Waals surface area (Å²) in [5.74, 6) is -0.663. The molecule has 1 atom stereocenters. The van der Waals surface area contributed by atoms with E-state index in [-0.39, 0.29) is 29.1 Å². The van der Waals surface area contributed by atoms with Crippen molar-refractivity contribution in [2.75, 3.05) is 19.7 Å². The lowest BCUT2D eigenvalue weighted by molar-refractivity contribution is -0.0499. The Bertz CT molecular complexity index is 1580. The molecule has 1 aromatic carbocycles. The van der Waals surface area contributed by atoms with E-state index in [0.717, 1.165) is 62.5 Å². The van der Waals surface area contributed by atoms with E-state index in [4.69, 9.17) is 24.7 Å². The first-order chi connectivity index (χ1) is 19.5. The molecular formula is C29H28FN5O4S. The van der Waals surface area contributed by atoms with Gasteiger partial charge in [-0.15, -0.1) is 0 Å². The van der Waals surface area contributed by atoms with Crippen LogP contribution in [0.4, 0.5) is 4.39 Å². The van der Waals surface area contributed by atoms with E-state index >= 15 is 0 Å². The molecule has 2 saturated heterocycles. The molecule has 0 bridgehead atoms. The Labute approximate surface area is 234 Å². The number of halogens is 1. The van der Waals surface area contributed by atoms with Gasteiger partial charge in [0.1, 0.15) is 17.3 Å². The van der Waals surface area contributed by atoms with Crippen LogP contribution < -0.4 is 4.74 Å². The number of carboxylic acids is 1. The van der Waals surface area contributed by atoms with Crippen molar-refractivity contribution >= 4 is 22.3 Å². The molecule has 11 heteroatoms. The molecule has 206 valence electrons. The third kappa shape index (κ3) is 5.56. The van der Waals surface area contributed by atoms with Gasteiger partial charge < -0.3 is 14.6 Å². The monoisotopic (exact) mass is 561 g/mol. The van der Waals surface area contributed by atoms with Crippen molar-refractivity contribution < 1.29 is 23.8 Å². The summed E-state index contributed by atoms with van der Waals surface area (Å²) in [6, 6.07) is 12.0. The summed E-state index contributed by atoms with van der Waals surface area (Å²) in [6.07, 6.45) is 5.44. The highest BCUT2D eigenvalue weighted by atomic mass is 32.1. The summed E-state index contributed by atoms with van der Waals surface area (Å²) in [5, 5.41) is 18.3. The summed E-state index contributed by atoms with van der Waals surface area (Å²) < 4.78 is 27.6. The third-order valence-electron chi connectivity index (χ3n) is 7.62. The second kappa shape index (κ2) is 11.3. The molecule has 0 saturated carbocycles. The molecule has 0 amide bonds. The van der Waals surface area contributed by atoms with E-state index < -0.39 is 11.8 Å². The van der Waals surface area contributed by atoms with Gasteiger partial charge in [-0.2, -0.15) is 5.26 Å². The number of hydrogen-bond donors (Lipinski definition) is 1. The zero-order chi connectivity index (χ0) is 27.6. The predicted molar refractivity (Wildman–Crippen MR) is 145 cm³/mol. The fraction of sp³-hybridized carbons (Fsp3) is 0.379. The maximum Gasteiger partial charge on any atom is 0.347 e. The Morgan fingerprint density at radius 2 is 2.05 bits per heavy atom. The van der Waals surface area contributed by atoms with Gasteiger partial charge in [-0.1, -0.05) is 23.5 Å². The molecule has 1 unspecified atom stereocenters. The summed E-state index contributed by atoms with van der Waals surface area (Å²) in [5.41, 5.74) is 3.64. The number of likely N-dealkylation sites (tertiary alicyclic amines) is 1. The molecule has 1 N–H and O–H groups in total. The average molecular weight is 562 g/mol. The maximum atomic E-state index is 14.2. The highest BCUT2D eigenvalue weighted by Crippen LogP contribution is 2.31. The minimum atomic E-state index is -0.936. The SMILES string of the molecule is N#Cc1ccc(COc2cccc(C3CCN(Cc4nc5sc(C(=O)O)cn5c4CC4CCO4)CC3)n2)c(F)c1. The number of fused-ring (bicyclic) bond motifs is 1. The van der Waals surface area contributed by atoms with E-state index in [1.807, 2.05) is 22.6 Å². The van der Waals surface area contributed by atoms with Crippen molar-refractivity contribution in [3.63, 3.8) is 0 Å². The van der Waals surface area contributed by atoms with Crippen LogP contribution in [0, 0.1) is 17.1 Å². The van der Waals surface area contributed by atoms with Gasteiger partial charge in [-0.3, -0.25) is 9.30 Å². The van der Waals surface area contributed by atoms with Crippen LogP contribution in [0.2, 0.25) is 0 Å². The molecule has 6 rings (SSSR count). The van der Waals surface area contributed by atoms with Crippen LogP contribution in [0.3, 0.4) is 0 Å². The second-order valence-corrected chi connectivity index (χ2v) is 11.2. The summed E-state index contributed by atoms with van der Waals surface area (Å²) in [4.78, 5) is 24.4. The standard InChI is InChI=1S/C29H28FN5O4S/c30-22-12-18(14-31)4-5-20(22)17-39-27-3-1-2-23(32-27)19-6-9-34(10-7-19)15-24-25(13-21-8-11-38-21)35-16-26(28(36)37)40-29(35)33-24/h1-5,12,16,19,21H,6-11,13,15,17H2,(H,36,37). The van der Waals surface area contributed by atoms with Crippen molar-refractivity contribution in [2.24, 2.45) is 0 Å². The first-order valence-electron chi connectivity index (χ1n) is 13.3. The summed E-state index contributed by atoms with van der Waals surface area (Å²) in [6.45, 7) is 3.29. The number of benzene rings is 1. The van der Waals surface area contributed by atoms with Gasteiger partial charge in [0.05, 0.1) is 29.1 Å². The molecular weight excluding hydrogens is 533 g/mol. The topological polar surface area (TPSA) is 113 Å². The third-order valence-corrected chi connectivity index (χ3v) is 8.59. The lowest BCUT2D eigenvalue weighted by Crippen LogP contribution is -2.34. The fourth-order valence-electron chi connectivity index (χ4n) is 5.26. The summed E-state index contributed by atoms with van der Waals surface area (Å²) >= 11 is 1.20. The molecule has 5 heterocycles. The molecule has 0 aliphatic carbocycles. The van der Waals surface area contributed by atoms with Gasteiger partial charge >= 0.3 is 5.97 Å². The number of nitrogens with zero attached hydrogens (tertiary/aromatic N) is 5. The lowest BCUT2D eigenvalue weighted by atomic mass is 9.93. The maximum absolute atomic E-state index is 14.2. The fourth-order valence-corrected chi connectivity index (χ4v) is 6.12. The van der Waals surface area contributed by atoms with E-state index in [9.17, 15) is 14.3 Å². The minimum Gasteiger partial charge on any atom is -0.477 e. The number of nitriles is 1. The van der Waals surface area contributed by atoms with E-state index in [1.165, 1.54) is 17.4 Å². The Kier molecular flexibility index (Phi) is 7.47. The van der Waals surface area contributed by atoms with Crippen LogP contribution in [-0.2, 0) is 24.3 Å². The van der Waals surface area contributed by atoms with E-state index in [2.05, 4.69) is 4.90 Å². The number of pyridine rings is 1. The zero-order valence-electron chi connectivity index (χ0n) is 21.8. The Balaban J connectivity index is 1.08. The highest BCUT2D eigenvalue weighted by Gasteiger charge is 2.27. The van der Waals surface area contributed by atoms with Gasteiger partial charge in [-0.25, -0.2) is 19.2 Å². The number of carboxylic acid groups (broad SMARTS) is 1. The summed E-state index contributed by atoms with van der Waals surface area (Å²) in [7, 11) is 0. The number of piperidine rings is 1. The minimum absolute atomic E-state index is 0.0384. The molecule has 3 aromatic heterocycles. The Hall–Kier alpha value is -3.85. The molecule has 4 aromatic rings. The molecule has 2 fully saturated rings. The normalized spacial score (nSPS) is 17.9. The molecule has 40 heavy (non-hydrogen) atoms. The van der Waals surface area contributed by atoms with Gasteiger partial charge in [0.2, 0.25) is 5.88 Å². The smallest absolute Gasteiger partial charge is 0.347 e. The van der Waals surface area contributed by atoms with Gasteiger partial charge in [-0.05, 0) is 50.6 Å². The second-order valence-electron chi connectivity index (χ2n) is 10.2. The molecule has 2 aliphatic heterocycles. The Morgan fingerprint density at radius 1 is 1.23 bits per heavy atom. The first-order valence-corrected chi connectivity index (χ1v) is 14.1. The number of ether oxygens (including phenoxy) is 2. The first kappa shape index (κ1) is 26.4. The van der Waals surface area contributed by atoms with Crippen molar-refractivity contribution in [2.45, 2.75) is 50.9 Å². The van der Waals surface area contributed by atoms with E-state index in [0.29, 0.717) is 22.9 Å². The number of thiazole rings is 1. The molecule has 9 nitrogen and oxygen atoms in total. The molecule has 0 radical (unpaired) electrons. The van der Waals surface area contributed by atoms with Crippen LogP contribution in [0.1, 0.15) is 63.1 Å². The predicted octanol–water partition coefficient (Wildman–Crippen LogP) is 4.79. The number of rotatable bonds is 9. The Morgan fingerprint density at radius 3 is 2.75 bits per heavy atom. The van der Waals surface area contributed by atoms with Crippen LogP contribution >= 0.6 is 11.3 Å². The number of imidazole rings is 1. The van der Waals surface area contributed by atoms with Gasteiger partial charge in [0, 0.05) is 49.0 Å². The van der Waals surface area contributed by atoms with Crippen LogP contribution in [0.15, 0.2) is 42.6 Å². The van der Waals surface area contributed by atoms with Crippen LogP contribution in [0.5, 0.6) is 5.88 Å².